The Kier molecular flexibility index (Phi) is 3.93. The number of benzene rings is 2. The fourth-order valence-electron chi connectivity index (χ4n) is 1.83. The zero-order valence-corrected chi connectivity index (χ0v) is 10.8. The third kappa shape index (κ3) is 2.80. The number of nitrogen functional groups attached to an aromatic ring is 1. The van der Waals surface area contributed by atoms with Crippen molar-refractivity contribution >= 4 is 17.1 Å². The molecule has 0 unspecified atom stereocenters. The summed E-state index contributed by atoms with van der Waals surface area (Å²) in [7, 11) is 1.63. The van der Waals surface area contributed by atoms with Crippen LogP contribution in [0.4, 0.5) is 11.4 Å². The molecule has 2 rings (SSSR count). The van der Waals surface area contributed by atoms with E-state index >= 15 is 0 Å². The molecule has 2 aromatic rings. The van der Waals surface area contributed by atoms with Crippen molar-refractivity contribution in [2.45, 2.75) is 0 Å². The molecule has 0 saturated heterocycles. The predicted octanol–water partition coefficient (Wildman–Crippen LogP) is 2.65. The van der Waals surface area contributed by atoms with E-state index in [0.717, 1.165) is 22.7 Å². The van der Waals surface area contributed by atoms with Gasteiger partial charge in [-0.25, -0.2) is 0 Å². The maximum absolute atomic E-state index is 5.95. The van der Waals surface area contributed by atoms with Crippen LogP contribution < -0.4 is 21.5 Å². The molecule has 0 spiro atoms. The monoisotopic (exact) mass is 255 g/mol. The molecular formula is C15H17N3O. The molecule has 0 aliphatic rings. The normalized spacial score (nSPS) is 11.1. The summed E-state index contributed by atoms with van der Waals surface area (Å²) in [5.74, 6) is 0.747. The Hall–Kier alpha value is -2.62. The second kappa shape index (κ2) is 5.82. The first kappa shape index (κ1) is 12.8. The molecule has 0 atom stereocenters. The molecule has 0 amide bonds. The second-order valence-electron chi connectivity index (χ2n) is 3.99. The molecule has 0 fully saturated rings. The van der Waals surface area contributed by atoms with Crippen LogP contribution in [0.25, 0.3) is 5.70 Å². The minimum atomic E-state index is 0.668. The van der Waals surface area contributed by atoms with E-state index in [9.17, 15) is 0 Å². The summed E-state index contributed by atoms with van der Waals surface area (Å²) in [6, 6.07) is 15.2. The minimum Gasteiger partial charge on any atom is -0.495 e. The molecule has 98 valence electrons. The molecule has 0 bridgehead atoms. The molecule has 0 aliphatic carbocycles. The second-order valence-corrected chi connectivity index (χ2v) is 3.99. The highest BCUT2D eigenvalue weighted by Gasteiger charge is 2.08. The summed E-state index contributed by atoms with van der Waals surface area (Å²) in [6.07, 6.45) is 1.50. The molecule has 0 heterocycles. The van der Waals surface area contributed by atoms with Crippen LogP contribution in [0.1, 0.15) is 5.56 Å². The minimum absolute atomic E-state index is 0.668. The zero-order valence-electron chi connectivity index (χ0n) is 10.8. The lowest BCUT2D eigenvalue weighted by Crippen LogP contribution is -2.05. The van der Waals surface area contributed by atoms with Crippen molar-refractivity contribution < 1.29 is 4.74 Å². The van der Waals surface area contributed by atoms with E-state index in [0.29, 0.717) is 5.69 Å². The number of anilines is 2. The predicted molar refractivity (Wildman–Crippen MR) is 79.6 cm³/mol. The Labute approximate surface area is 112 Å². The summed E-state index contributed by atoms with van der Waals surface area (Å²) in [5.41, 5.74) is 14.7. The standard InChI is InChI=1S/C15H17N3O/c1-19-15-9-5-4-8-13(15)18-14(10-16)11-6-2-3-7-12(11)17/h2-10,18H,16-17H2,1H3/b14-10-. The molecule has 0 radical (unpaired) electrons. The Morgan fingerprint density at radius 2 is 1.79 bits per heavy atom. The van der Waals surface area contributed by atoms with E-state index in [1.165, 1.54) is 6.20 Å². The lowest BCUT2D eigenvalue weighted by molar-refractivity contribution is 0.417. The van der Waals surface area contributed by atoms with E-state index in [2.05, 4.69) is 5.32 Å². The van der Waals surface area contributed by atoms with Gasteiger partial charge >= 0.3 is 0 Å². The van der Waals surface area contributed by atoms with Gasteiger partial charge in [-0.2, -0.15) is 0 Å². The first-order valence-corrected chi connectivity index (χ1v) is 5.93. The number of rotatable bonds is 4. The van der Waals surface area contributed by atoms with Crippen molar-refractivity contribution in [3.8, 4) is 5.75 Å². The highest BCUT2D eigenvalue weighted by molar-refractivity contribution is 5.83. The van der Waals surface area contributed by atoms with Gasteiger partial charge in [0, 0.05) is 17.5 Å². The van der Waals surface area contributed by atoms with E-state index in [1.807, 2.05) is 48.5 Å². The third-order valence-electron chi connectivity index (χ3n) is 2.79. The first-order chi connectivity index (χ1) is 9.26. The topological polar surface area (TPSA) is 73.3 Å². The third-order valence-corrected chi connectivity index (χ3v) is 2.79. The summed E-state index contributed by atoms with van der Waals surface area (Å²) in [6.45, 7) is 0. The maximum Gasteiger partial charge on any atom is 0.142 e. The van der Waals surface area contributed by atoms with Gasteiger partial charge in [0.25, 0.3) is 0 Å². The Bertz CT molecular complexity index is 593. The van der Waals surface area contributed by atoms with Crippen molar-refractivity contribution in [1.29, 1.82) is 0 Å². The van der Waals surface area contributed by atoms with Gasteiger partial charge in [-0.3, -0.25) is 0 Å². The van der Waals surface area contributed by atoms with Crippen molar-refractivity contribution in [3.63, 3.8) is 0 Å². The Morgan fingerprint density at radius 3 is 2.47 bits per heavy atom. The number of methoxy groups -OCH3 is 1. The molecular weight excluding hydrogens is 238 g/mol. The molecule has 0 aliphatic heterocycles. The van der Waals surface area contributed by atoms with E-state index in [4.69, 9.17) is 16.2 Å². The van der Waals surface area contributed by atoms with Gasteiger partial charge in [-0.1, -0.05) is 30.3 Å². The van der Waals surface area contributed by atoms with Gasteiger partial charge in [0.1, 0.15) is 5.75 Å². The Morgan fingerprint density at radius 1 is 1.11 bits per heavy atom. The summed E-state index contributed by atoms with van der Waals surface area (Å²) in [4.78, 5) is 0. The molecule has 4 nitrogen and oxygen atoms in total. The van der Waals surface area contributed by atoms with Crippen molar-refractivity contribution in [2.75, 3.05) is 18.2 Å². The van der Waals surface area contributed by atoms with Gasteiger partial charge < -0.3 is 21.5 Å². The average molecular weight is 255 g/mol. The van der Waals surface area contributed by atoms with Gasteiger partial charge in [-0.05, 0) is 18.2 Å². The number of hydrogen-bond donors (Lipinski definition) is 3. The number of nitrogens with two attached hydrogens (primary N) is 2. The molecule has 2 aromatic carbocycles. The first-order valence-electron chi connectivity index (χ1n) is 5.93. The highest BCUT2D eigenvalue weighted by Crippen LogP contribution is 2.28. The van der Waals surface area contributed by atoms with Gasteiger partial charge in [0.2, 0.25) is 0 Å². The van der Waals surface area contributed by atoms with E-state index in [1.54, 1.807) is 7.11 Å². The van der Waals surface area contributed by atoms with Crippen LogP contribution in [0, 0.1) is 0 Å². The molecule has 5 N–H and O–H groups in total. The fraction of sp³-hybridized carbons (Fsp3) is 0.0667. The van der Waals surface area contributed by atoms with Crippen LogP contribution in [-0.2, 0) is 0 Å². The fourth-order valence-corrected chi connectivity index (χ4v) is 1.83. The van der Waals surface area contributed by atoms with E-state index in [-0.39, 0.29) is 0 Å². The summed E-state index contributed by atoms with van der Waals surface area (Å²) < 4.78 is 5.30. The van der Waals surface area contributed by atoms with Crippen molar-refractivity contribution in [3.05, 3.63) is 60.3 Å². The highest BCUT2D eigenvalue weighted by atomic mass is 16.5. The van der Waals surface area contributed by atoms with Crippen LogP contribution in [0.5, 0.6) is 5.75 Å². The SMILES string of the molecule is COc1ccccc1N/C(=C\N)c1ccccc1N. The van der Waals surface area contributed by atoms with E-state index < -0.39 is 0 Å². The zero-order chi connectivity index (χ0) is 13.7. The van der Waals surface area contributed by atoms with Crippen molar-refractivity contribution in [2.24, 2.45) is 5.73 Å². The van der Waals surface area contributed by atoms with Crippen LogP contribution >= 0.6 is 0 Å². The Balaban J connectivity index is 2.33. The number of para-hydroxylation sites is 3. The number of hydrogen-bond acceptors (Lipinski definition) is 4. The van der Waals surface area contributed by atoms with Gasteiger partial charge in [0.05, 0.1) is 18.5 Å². The molecule has 0 saturated carbocycles. The van der Waals surface area contributed by atoms with Crippen LogP contribution in [0.2, 0.25) is 0 Å². The lowest BCUT2D eigenvalue weighted by Gasteiger charge is -2.15. The average Bonchev–Trinajstić information content (AvgIpc) is 2.46. The largest absolute Gasteiger partial charge is 0.495 e. The summed E-state index contributed by atoms with van der Waals surface area (Å²) in [5, 5.41) is 3.24. The maximum atomic E-state index is 5.95. The molecule has 19 heavy (non-hydrogen) atoms. The van der Waals surface area contributed by atoms with Crippen molar-refractivity contribution in [1.82, 2.24) is 0 Å². The number of nitrogens with one attached hydrogen (secondary N) is 1. The van der Waals surface area contributed by atoms with Gasteiger partial charge in [-0.15, -0.1) is 0 Å². The van der Waals surface area contributed by atoms with Crippen LogP contribution in [0.15, 0.2) is 54.7 Å². The number of ether oxygens (including phenoxy) is 1. The molecule has 0 aromatic heterocycles. The van der Waals surface area contributed by atoms with Crippen LogP contribution in [0.3, 0.4) is 0 Å². The quantitative estimate of drug-likeness (QED) is 0.734. The lowest BCUT2D eigenvalue weighted by atomic mass is 10.1. The molecule has 4 heteroatoms. The van der Waals surface area contributed by atoms with Gasteiger partial charge in [0.15, 0.2) is 0 Å². The smallest absolute Gasteiger partial charge is 0.142 e. The summed E-state index contributed by atoms with van der Waals surface area (Å²) >= 11 is 0. The van der Waals surface area contributed by atoms with Crippen LogP contribution in [-0.4, -0.2) is 7.11 Å².